The van der Waals surface area contributed by atoms with Crippen LogP contribution in [0.1, 0.15) is 17.3 Å². The highest BCUT2D eigenvalue weighted by atomic mass is 35.5. The number of carboxylic acids is 1. The molecule has 6 nitrogen and oxygen atoms in total. The molecule has 0 radical (unpaired) electrons. The van der Waals surface area contributed by atoms with Crippen molar-refractivity contribution in [1.82, 2.24) is 10.6 Å². The molecule has 0 saturated heterocycles. The summed E-state index contributed by atoms with van der Waals surface area (Å²) in [6, 6.07) is 5.40. The van der Waals surface area contributed by atoms with E-state index >= 15 is 0 Å². The van der Waals surface area contributed by atoms with Gasteiger partial charge in [0.2, 0.25) is 5.91 Å². The van der Waals surface area contributed by atoms with Gasteiger partial charge in [-0.2, -0.15) is 0 Å². The Morgan fingerprint density at radius 2 is 1.95 bits per heavy atom. The second kappa shape index (κ2) is 6.75. The Morgan fingerprint density at radius 3 is 2.53 bits per heavy atom. The lowest BCUT2D eigenvalue weighted by Gasteiger charge is -2.10. The fourth-order valence-corrected chi connectivity index (χ4v) is 1.48. The van der Waals surface area contributed by atoms with Crippen LogP contribution in [0.5, 0.6) is 0 Å². The number of hydrogen-bond donors (Lipinski definition) is 3. The molecule has 1 atom stereocenters. The van der Waals surface area contributed by atoms with Crippen molar-refractivity contribution in [3.05, 3.63) is 34.9 Å². The van der Waals surface area contributed by atoms with Crippen molar-refractivity contribution in [2.24, 2.45) is 0 Å². The van der Waals surface area contributed by atoms with Gasteiger partial charge in [-0.1, -0.05) is 23.7 Å². The van der Waals surface area contributed by atoms with Crippen LogP contribution in [0.3, 0.4) is 0 Å². The average Bonchev–Trinajstić information content (AvgIpc) is 2.36. The average molecular weight is 285 g/mol. The molecule has 102 valence electrons. The predicted octanol–water partition coefficient (Wildman–Crippen LogP) is 0.659. The fraction of sp³-hybridized carbons (Fsp3) is 0.250. The van der Waals surface area contributed by atoms with Crippen molar-refractivity contribution in [2.45, 2.75) is 13.0 Å². The van der Waals surface area contributed by atoms with E-state index in [0.29, 0.717) is 0 Å². The SMILES string of the molecule is C[C@@H](NC(=O)CNC(=O)c1ccccc1Cl)C(=O)O. The van der Waals surface area contributed by atoms with Crippen LogP contribution < -0.4 is 10.6 Å². The first kappa shape index (κ1) is 15.0. The summed E-state index contributed by atoms with van der Waals surface area (Å²) in [5.74, 6) is -2.23. The molecule has 0 aliphatic carbocycles. The van der Waals surface area contributed by atoms with Crippen LogP contribution in [0.4, 0.5) is 0 Å². The number of halogens is 1. The molecule has 0 aromatic heterocycles. The van der Waals surface area contributed by atoms with E-state index in [9.17, 15) is 14.4 Å². The van der Waals surface area contributed by atoms with Gasteiger partial charge in [-0.15, -0.1) is 0 Å². The third kappa shape index (κ3) is 4.59. The molecule has 1 aromatic carbocycles. The minimum absolute atomic E-state index is 0.253. The molecule has 19 heavy (non-hydrogen) atoms. The van der Waals surface area contributed by atoms with E-state index in [1.807, 2.05) is 0 Å². The molecular weight excluding hydrogens is 272 g/mol. The Labute approximate surface area is 114 Å². The first-order valence-corrected chi connectivity index (χ1v) is 5.84. The van der Waals surface area contributed by atoms with E-state index in [1.54, 1.807) is 18.2 Å². The Hall–Kier alpha value is -2.08. The second-order valence-electron chi connectivity index (χ2n) is 3.79. The van der Waals surface area contributed by atoms with Gasteiger partial charge in [-0.3, -0.25) is 14.4 Å². The quantitative estimate of drug-likeness (QED) is 0.740. The van der Waals surface area contributed by atoms with E-state index in [1.165, 1.54) is 13.0 Å². The number of nitrogens with one attached hydrogen (secondary N) is 2. The summed E-state index contributed by atoms with van der Waals surface area (Å²) in [6.45, 7) is 1.01. The number of aliphatic carboxylic acids is 1. The molecule has 0 aliphatic rings. The number of carbonyl (C=O) groups is 3. The predicted molar refractivity (Wildman–Crippen MR) is 69.0 cm³/mol. The molecular formula is C12H13ClN2O4. The van der Waals surface area contributed by atoms with Crippen LogP contribution >= 0.6 is 11.6 Å². The van der Waals surface area contributed by atoms with E-state index < -0.39 is 23.8 Å². The monoisotopic (exact) mass is 284 g/mol. The number of benzene rings is 1. The van der Waals surface area contributed by atoms with Crippen LogP contribution in [0.2, 0.25) is 5.02 Å². The van der Waals surface area contributed by atoms with Crippen LogP contribution in [-0.4, -0.2) is 35.5 Å². The van der Waals surface area contributed by atoms with Gasteiger partial charge in [0.25, 0.3) is 5.91 Å². The van der Waals surface area contributed by atoms with Gasteiger partial charge in [-0.05, 0) is 19.1 Å². The highest BCUT2D eigenvalue weighted by molar-refractivity contribution is 6.33. The smallest absolute Gasteiger partial charge is 0.325 e. The largest absolute Gasteiger partial charge is 0.480 e. The van der Waals surface area contributed by atoms with E-state index in [-0.39, 0.29) is 17.1 Å². The molecule has 0 spiro atoms. The number of rotatable bonds is 5. The normalized spacial score (nSPS) is 11.5. The molecule has 1 aromatic rings. The zero-order chi connectivity index (χ0) is 14.4. The van der Waals surface area contributed by atoms with Crippen LogP contribution in [0.15, 0.2) is 24.3 Å². The second-order valence-corrected chi connectivity index (χ2v) is 4.20. The highest BCUT2D eigenvalue weighted by Gasteiger charge is 2.15. The summed E-state index contributed by atoms with van der Waals surface area (Å²) in [4.78, 5) is 33.6. The molecule has 3 N–H and O–H groups in total. The van der Waals surface area contributed by atoms with Gasteiger partial charge >= 0.3 is 5.97 Å². The molecule has 0 aliphatic heterocycles. The summed E-state index contributed by atoms with van der Waals surface area (Å²) >= 11 is 5.82. The Morgan fingerprint density at radius 1 is 1.32 bits per heavy atom. The summed E-state index contributed by atoms with van der Waals surface area (Å²) in [7, 11) is 0. The summed E-state index contributed by atoms with van der Waals surface area (Å²) in [5, 5.41) is 13.5. The molecule has 0 fully saturated rings. The first-order valence-electron chi connectivity index (χ1n) is 5.46. The van der Waals surface area contributed by atoms with Gasteiger partial charge in [0.05, 0.1) is 17.1 Å². The van der Waals surface area contributed by atoms with Gasteiger partial charge in [0.1, 0.15) is 6.04 Å². The molecule has 0 bridgehead atoms. The van der Waals surface area contributed by atoms with Crippen molar-refractivity contribution < 1.29 is 19.5 Å². The van der Waals surface area contributed by atoms with Crippen LogP contribution in [0.25, 0.3) is 0 Å². The fourth-order valence-electron chi connectivity index (χ4n) is 1.26. The van der Waals surface area contributed by atoms with Gasteiger partial charge in [0.15, 0.2) is 0 Å². The third-order valence-corrected chi connectivity index (χ3v) is 2.61. The topological polar surface area (TPSA) is 95.5 Å². The molecule has 0 heterocycles. The van der Waals surface area contributed by atoms with Gasteiger partial charge in [-0.25, -0.2) is 0 Å². The Bertz CT molecular complexity index is 504. The number of amides is 2. The Kier molecular flexibility index (Phi) is 5.32. The van der Waals surface area contributed by atoms with Crippen LogP contribution in [-0.2, 0) is 9.59 Å². The highest BCUT2D eigenvalue weighted by Crippen LogP contribution is 2.14. The number of carboxylic acid groups (broad SMARTS) is 1. The van der Waals surface area contributed by atoms with Crippen molar-refractivity contribution >= 4 is 29.4 Å². The summed E-state index contributed by atoms with van der Waals surface area (Å²) < 4.78 is 0. The van der Waals surface area contributed by atoms with Crippen molar-refractivity contribution in [3.8, 4) is 0 Å². The van der Waals surface area contributed by atoms with Crippen molar-refractivity contribution in [2.75, 3.05) is 6.54 Å². The number of hydrogen-bond acceptors (Lipinski definition) is 3. The van der Waals surface area contributed by atoms with E-state index in [4.69, 9.17) is 16.7 Å². The summed E-state index contributed by atoms with van der Waals surface area (Å²) in [6.07, 6.45) is 0. The maximum atomic E-state index is 11.7. The first-order chi connectivity index (χ1) is 8.91. The van der Waals surface area contributed by atoms with E-state index in [0.717, 1.165) is 0 Å². The molecule has 0 saturated carbocycles. The van der Waals surface area contributed by atoms with Crippen LogP contribution in [0, 0.1) is 0 Å². The van der Waals surface area contributed by atoms with Crippen molar-refractivity contribution in [3.63, 3.8) is 0 Å². The number of carbonyl (C=O) groups excluding carboxylic acids is 2. The van der Waals surface area contributed by atoms with Gasteiger partial charge in [0, 0.05) is 0 Å². The lowest BCUT2D eigenvalue weighted by Crippen LogP contribution is -2.44. The maximum absolute atomic E-state index is 11.7. The Balaban J connectivity index is 2.49. The molecule has 7 heteroatoms. The summed E-state index contributed by atoms with van der Waals surface area (Å²) in [5.41, 5.74) is 0.253. The zero-order valence-corrected chi connectivity index (χ0v) is 10.9. The molecule has 2 amide bonds. The molecule has 0 unspecified atom stereocenters. The third-order valence-electron chi connectivity index (χ3n) is 2.28. The van der Waals surface area contributed by atoms with Gasteiger partial charge < -0.3 is 15.7 Å². The lowest BCUT2D eigenvalue weighted by molar-refractivity contribution is -0.141. The van der Waals surface area contributed by atoms with E-state index in [2.05, 4.69) is 10.6 Å². The zero-order valence-electron chi connectivity index (χ0n) is 10.1. The standard InChI is InChI=1S/C12H13ClN2O4/c1-7(12(18)19)15-10(16)6-14-11(17)8-4-2-3-5-9(8)13/h2-5,7H,6H2,1H3,(H,14,17)(H,15,16)(H,18,19)/t7-/m1/s1. The molecule has 1 rings (SSSR count). The minimum atomic E-state index is -1.15. The maximum Gasteiger partial charge on any atom is 0.325 e. The van der Waals surface area contributed by atoms with Crippen molar-refractivity contribution in [1.29, 1.82) is 0 Å². The minimum Gasteiger partial charge on any atom is -0.480 e. The lowest BCUT2D eigenvalue weighted by atomic mass is 10.2.